The molecule has 0 aliphatic carbocycles. The van der Waals surface area contributed by atoms with E-state index in [0.717, 1.165) is 17.5 Å². The van der Waals surface area contributed by atoms with Crippen molar-refractivity contribution in [3.05, 3.63) is 65.2 Å². The number of alkyl halides is 1. The molecule has 0 radical (unpaired) electrons. The van der Waals surface area contributed by atoms with Crippen LogP contribution in [-0.2, 0) is 6.61 Å². The van der Waals surface area contributed by atoms with Gasteiger partial charge in [-0.25, -0.2) is 4.79 Å². The van der Waals surface area contributed by atoms with Crippen LogP contribution in [-0.4, -0.2) is 16.0 Å². The zero-order chi connectivity index (χ0) is 19.7. The van der Waals surface area contributed by atoms with Crippen molar-refractivity contribution < 1.29 is 14.6 Å². The van der Waals surface area contributed by atoms with Gasteiger partial charge in [0.15, 0.2) is 0 Å². The van der Waals surface area contributed by atoms with Crippen molar-refractivity contribution in [3.63, 3.8) is 0 Å². The van der Waals surface area contributed by atoms with Crippen molar-refractivity contribution in [1.29, 1.82) is 0 Å². The van der Waals surface area contributed by atoms with Crippen molar-refractivity contribution in [1.82, 2.24) is 0 Å². The van der Waals surface area contributed by atoms with Crippen LogP contribution in [0.1, 0.15) is 61.6 Å². The lowest BCUT2D eigenvalue weighted by Crippen LogP contribution is -2.11. The van der Waals surface area contributed by atoms with Crippen LogP contribution in [0.25, 0.3) is 0 Å². The van der Waals surface area contributed by atoms with Crippen LogP contribution in [0, 0.1) is 0 Å². The lowest BCUT2D eigenvalue weighted by atomic mass is 10.0. The highest BCUT2D eigenvalue weighted by molar-refractivity contribution is 6.23. The summed E-state index contributed by atoms with van der Waals surface area (Å²) in [6, 6.07) is 14.6. The number of benzene rings is 2. The van der Waals surface area contributed by atoms with Gasteiger partial charge in [-0.3, -0.25) is 0 Å². The van der Waals surface area contributed by atoms with Crippen LogP contribution in [0.2, 0.25) is 0 Å². The summed E-state index contributed by atoms with van der Waals surface area (Å²) in [6.07, 6.45) is 0.753. The Morgan fingerprint density at radius 1 is 1.19 bits per heavy atom. The molecule has 0 aliphatic rings. The van der Waals surface area contributed by atoms with Crippen molar-refractivity contribution in [3.8, 4) is 5.75 Å². The van der Waals surface area contributed by atoms with Crippen molar-refractivity contribution in [2.24, 2.45) is 5.73 Å². The third-order valence-electron chi connectivity index (χ3n) is 3.34. The lowest BCUT2D eigenvalue weighted by Gasteiger charge is -2.14. The van der Waals surface area contributed by atoms with Gasteiger partial charge in [-0.2, -0.15) is 0 Å². The Bertz CT molecular complexity index is 690. The van der Waals surface area contributed by atoms with Gasteiger partial charge in [0.05, 0.1) is 0 Å². The molecular weight excluding hydrogens is 350 g/mol. The SMILES string of the molecule is CC(C)(C)Cl.CCC(N)c1ccc(OCc2ccccc2)c(C(=O)O)c1. The number of carbonyl (C=O) groups is 1. The van der Waals surface area contributed by atoms with Gasteiger partial charge >= 0.3 is 5.97 Å². The molecular formula is C21H28ClNO3. The smallest absolute Gasteiger partial charge is 0.339 e. The van der Waals surface area contributed by atoms with Gasteiger partial charge in [-0.15, -0.1) is 11.6 Å². The van der Waals surface area contributed by atoms with Gasteiger partial charge in [0.1, 0.15) is 17.9 Å². The number of aromatic carboxylic acids is 1. The Kier molecular flexibility index (Phi) is 8.62. The van der Waals surface area contributed by atoms with Crippen molar-refractivity contribution >= 4 is 17.6 Å². The van der Waals surface area contributed by atoms with Crippen LogP contribution in [0.15, 0.2) is 48.5 Å². The molecule has 1 unspecified atom stereocenters. The average Bonchev–Trinajstić information content (AvgIpc) is 2.58. The number of carboxylic acids is 1. The predicted octanol–water partition coefficient (Wildman–Crippen LogP) is 5.40. The number of hydrogen-bond donors (Lipinski definition) is 2. The van der Waals surface area contributed by atoms with E-state index in [2.05, 4.69) is 0 Å². The molecule has 1 atom stereocenters. The van der Waals surface area contributed by atoms with Crippen LogP contribution in [0.4, 0.5) is 0 Å². The van der Waals surface area contributed by atoms with E-state index in [4.69, 9.17) is 22.1 Å². The summed E-state index contributed by atoms with van der Waals surface area (Å²) in [4.78, 5) is 11.3. The maximum Gasteiger partial charge on any atom is 0.339 e. The predicted molar refractivity (Wildman–Crippen MR) is 107 cm³/mol. The first-order chi connectivity index (χ1) is 12.1. The number of ether oxygens (including phenoxy) is 1. The molecule has 26 heavy (non-hydrogen) atoms. The summed E-state index contributed by atoms with van der Waals surface area (Å²) in [5.41, 5.74) is 7.89. The van der Waals surface area contributed by atoms with E-state index in [1.54, 1.807) is 12.1 Å². The Morgan fingerprint density at radius 2 is 1.77 bits per heavy atom. The minimum Gasteiger partial charge on any atom is -0.488 e. The van der Waals surface area contributed by atoms with Crippen LogP contribution >= 0.6 is 11.6 Å². The quantitative estimate of drug-likeness (QED) is 0.661. The first-order valence-electron chi connectivity index (χ1n) is 8.60. The number of hydrogen-bond acceptors (Lipinski definition) is 3. The number of carboxylic acid groups (broad SMARTS) is 1. The fraction of sp³-hybridized carbons (Fsp3) is 0.381. The van der Waals surface area contributed by atoms with Crippen molar-refractivity contribution in [2.45, 2.75) is 51.6 Å². The van der Waals surface area contributed by atoms with E-state index in [9.17, 15) is 9.90 Å². The maximum atomic E-state index is 11.4. The second-order valence-electron chi connectivity index (χ2n) is 6.92. The highest BCUT2D eigenvalue weighted by atomic mass is 35.5. The third-order valence-corrected chi connectivity index (χ3v) is 3.34. The Hall–Kier alpha value is -2.04. The van der Waals surface area contributed by atoms with E-state index in [-0.39, 0.29) is 16.5 Å². The van der Waals surface area contributed by atoms with Crippen LogP contribution < -0.4 is 10.5 Å². The zero-order valence-electron chi connectivity index (χ0n) is 15.8. The van der Waals surface area contributed by atoms with Crippen LogP contribution in [0.3, 0.4) is 0 Å². The molecule has 0 amide bonds. The monoisotopic (exact) mass is 377 g/mol. The van der Waals surface area contributed by atoms with E-state index < -0.39 is 5.97 Å². The molecule has 4 nitrogen and oxygen atoms in total. The minimum atomic E-state index is -1.01. The largest absolute Gasteiger partial charge is 0.488 e. The second kappa shape index (κ2) is 10.2. The normalized spacial score (nSPS) is 11.9. The second-order valence-corrected chi connectivity index (χ2v) is 8.05. The first-order valence-corrected chi connectivity index (χ1v) is 8.98. The summed E-state index contributed by atoms with van der Waals surface area (Å²) < 4.78 is 5.63. The highest BCUT2D eigenvalue weighted by Crippen LogP contribution is 2.25. The number of halogens is 1. The Balaban J connectivity index is 0.000000597. The van der Waals surface area contributed by atoms with Crippen molar-refractivity contribution in [2.75, 3.05) is 0 Å². The molecule has 5 heteroatoms. The third kappa shape index (κ3) is 8.37. The first kappa shape index (κ1) is 22.0. The average molecular weight is 378 g/mol. The fourth-order valence-corrected chi connectivity index (χ4v) is 2.04. The van der Waals surface area contributed by atoms with E-state index in [0.29, 0.717) is 12.4 Å². The highest BCUT2D eigenvalue weighted by Gasteiger charge is 2.14. The molecule has 0 saturated heterocycles. The molecule has 0 fully saturated rings. The molecule has 0 bridgehead atoms. The van der Waals surface area contributed by atoms with E-state index in [1.165, 1.54) is 0 Å². The minimum absolute atomic E-state index is 0.0278. The summed E-state index contributed by atoms with van der Waals surface area (Å²) in [5, 5.41) is 9.32. The molecule has 0 saturated carbocycles. The molecule has 2 aromatic carbocycles. The summed E-state index contributed by atoms with van der Waals surface area (Å²) in [7, 11) is 0. The van der Waals surface area contributed by atoms with Gasteiger partial charge in [0, 0.05) is 10.9 Å². The molecule has 3 N–H and O–H groups in total. The molecule has 142 valence electrons. The Morgan fingerprint density at radius 3 is 2.27 bits per heavy atom. The molecule has 0 heterocycles. The zero-order valence-corrected chi connectivity index (χ0v) is 16.6. The maximum absolute atomic E-state index is 11.4. The molecule has 0 aromatic heterocycles. The van der Waals surface area contributed by atoms with Gasteiger partial charge in [0.2, 0.25) is 0 Å². The molecule has 2 rings (SSSR count). The summed E-state index contributed by atoms with van der Waals surface area (Å²) in [6.45, 7) is 8.16. The standard InChI is InChI=1S/C17H19NO3.C4H9Cl/c1-2-15(18)13-8-9-16(14(10-13)17(19)20)21-11-12-6-4-3-5-7-12;1-4(2,3)5/h3-10,15H,2,11,18H2,1H3,(H,19,20);1-3H3. The van der Waals surface area contributed by atoms with Crippen LogP contribution in [0.5, 0.6) is 5.75 Å². The topological polar surface area (TPSA) is 72.5 Å². The van der Waals surface area contributed by atoms with Gasteiger partial charge in [-0.1, -0.05) is 43.3 Å². The van der Waals surface area contributed by atoms with E-state index >= 15 is 0 Å². The number of nitrogens with two attached hydrogens (primary N) is 1. The van der Waals surface area contributed by atoms with Gasteiger partial charge in [-0.05, 0) is 50.5 Å². The van der Waals surface area contributed by atoms with Gasteiger partial charge in [0.25, 0.3) is 0 Å². The van der Waals surface area contributed by atoms with E-state index in [1.807, 2.05) is 64.1 Å². The number of rotatable bonds is 6. The molecule has 2 aromatic rings. The fourth-order valence-electron chi connectivity index (χ4n) is 2.04. The molecule has 0 spiro atoms. The summed E-state index contributed by atoms with van der Waals surface area (Å²) >= 11 is 5.53. The lowest BCUT2D eigenvalue weighted by molar-refractivity contribution is 0.0691. The van der Waals surface area contributed by atoms with Gasteiger partial charge < -0.3 is 15.6 Å². The molecule has 0 aliphatic heterocycles. The summed E-state index contributed by atoms with van der Waals surface area (Å²) in [5.74, 6) is -0.651. The Labute approximate surface area is 160 Å².